The van der Waals surface area contributed by atoms with Crippen molar-refractivity contribution in [3.8, 4) is 0 Å². The van der Waals surface area contributed by atoms with Crippen LogP contribution in [-0.2, 0) is 19.6 Å². The minimum Gasteiger partial charge on any atom is -0.373 e. The third-order valence-corrected chi connectivity index (χ3v) is 6.05. The largest absolute Gasteiger partial charge is 0.395 e. The maximum absolute atomic E-state index is 13.3. The van der Waals surface area contributed by atoms with Crippen molar-refractivity contribution in [2.24, 2.45) is 11.8 Å². The fraction of sp³-hybridized carbons (Fsp3) is 0.533. The number of rotatable bonds is 4. The third-order valence-electron chi connectivity index (χ3n) is 4.63. The molecule has 0 aliphatic carbocycles. The normalized spacial score (nSPS) is 29.0. The second-order valence-corrected chi connectivity index (χ2v) is 7.99. The summed E-state index contributed by atoms with van der Waals surface area (Å²) in [6, 6.07) is 5.34. The van der Waals surface area contributed by atoms with Crippen LogP contribution in [0.25, 0.3) is 0 Å². The van der Waals surface area contributed by atoms with Crippen LogP contribution in [-0.4, -0.2) is 39.8 Å². The van der Waals surface area contributed by atoms with Crippen LogP contribution >= 0.6 is 0 Å². The topological polar surface area (TPSA) is 84.5 Å². The van der Waals surface area contributed by atoms with Crippen LogP contribution in [0.1, 0.15) is 12.8 Å². The van der Waals surface area contributed by atoms with Crippen LogP contribution in [0.15, 0.2) is 29.2 Å². The fourth-order valence-electron chi connectivity index (χ4n) is 3.51. The Bertz CT molecular complexity index is 781. The Morgan fingerprint density at radius 1 is 1.24 bits per heavy atom. The Morgan fingerprint density at radius 3 is 2.56 bits per heavy atom. The summed E-state index contributed by atoms with van der Waals surface area (Å²) in [6.45, 7) is 0. The van der Waals surface area contributed by atoms with Gasteiger partial charge in [-0.2, -0.15) is 13.2 Å². The molecule has 6 nitrogen and oxygen atoms in total. The molecule has 0 aromatic heterocycles. The predicted octanol–water partition coefficient (Wildman–Crippen LogP) is 1.89. The number of anilines is 1. The highest BCUT2D eigenvalue weighted by molar-refractivity contribution is 7.89. The number of carbonyl (C=O) groups excluding carboxylic acids is 1. The zero-order chi connectivity index (χ0) is 18.4. The molecule has 0 spiro atoms. The molecule has 10 heteroatoms. The number of halogens is 3. The smallest absolute Gasteiger partial charge is 0.373 e. The Morgan fingerprint density at radius 2 is 1.92 bits per heavy atom. The van der Waals surface area contributed by atoms with Crippen molar-refractivity contribution in [1.82, 2.24) is 4.72 Å². The minimum atomic E-state index is -4.53. The molecule has 1 amide bonds. The van der Waals surface area contributed by atoms with Crippen molar-refractivity contribution >= 4 is 21.6 Å². The monoisotopic (exact) mass is 378 g/mol. The summed E-state index contributed by atoms with van der Waals surface area (Å²) < 4.78 is 70.9. The molecular formula is C15H17F3N2O4S. The first-order valence-electron chi connectivity index (χ1n) is 7.70. The fourth-order valence-corrected chi connectivity index (χ4v) is 4.29. The molecule has 25 heavy (non-hydrogen) atoms. The van der Waals surface area contributed by atoms with Crippen LogP contribution in [0.3, 0.4) is 0 Å². The summed E-state index contributed by atoms with van der Waals surface area (Å²) in [5.74, 6) is -3.98. The lowest BCUT2D eigenvalue weighted by molar-refractivity contribution is -0.196. The van der Waals surface area contributed by atoms with Crippen molar-refractivity contribution in [2.45, 2.75) is 36.1 Å². The number of amides is 1. The predicted molar refractivity (Wildman–Crippen MR) is 82.2 cm³/mol. The summed E-state index contributed by atoms with van der Waals surface area (Å²) in [4.78, 5) is 12.3. The molecule has 2 aliphatic rings. The number of ether oxygens (including phenoxy) is 1. The maximum Gasteiger partial charge on any atom is 0.395 e. The summed E-state index contributed by atoms with van der Waals surface area (Å²) in [6.07, 6.45) is -5.59. The van der Waals surface area contributed by atoms with Gasteiger partial charge in [0.1, 0.15) is 0 Å². The molecule has 2 bridgehead atoms. The number of sulfonamides is 1. The van der Waals surface area contributed by atoms with Crippen LogP contribution in [0, 0.1) is 11.8 Å². The van der Waals surface area contributed by atoms with E-state index in [0.717, 1.165) is 0 Å². The number of hydrogen-bond acceptors (Lipinski definition) is 4. The van der Waals surface area contributed by atoms with E-state index in [1.165, 1.54) is 31.3 Å². The average molecular weight is 378 g/mol. The first-order chi connectivity index (χ1) is 11.6. The van der Waals surface area contributed by atoms with Gasteiger partial charge in [0.25, 0.3) is 0 Å². The molecule has 4 atom stereocenters. The Kier molecular flexibility index (Phi) is 4.54. The summed E-state index contributed by atoms with van der Waals surface area (Å²) in [5, 5.41) is 2.40. The van der Waals surface area contributed by atoms with Gasteiger partial charge >= 0.3 is 6.18 Å². The molecule has 1 aromatic carbocycles. The quantitative estimate of drug-likeness (QED) is 0.838. The highest BCUT2D eigenvalue weighted by Crippen LogP contribution is 2.50. The van der Waals surface area contributed by atoms with Crippen molar-refractivity contribution in [1.29, 1.82) is 0 Å². The average Bonchev–Trinajstić information content (AvgIpc) is 3.15. The van der Waals surface area contributed by atoms with Gasteiger partial charge in [0, 0.05) is 5.69 Å². The van der Waals surface area contributed by atoms with Gasteiger partial charge in [0.05, 0.1) is 28.9 Å². The minimum absolute atomic E-state index is 0.0932. The molecule has 138 valence electrons. The lowest BCUT2D eigenvalue weighted by Gasteiger charge is -2.28. The Balaban J connectivity index is 1.82. The number of hydrogen-bond donors (Lipinski definition) is 2. The highest BCUT2D eigenvalue weighted by Gasteiger charge is 2.62. The second kappa shape index (κ2) is 6.26. The molecule has 3 rings (SSSR count). The highest BCUT2D eigenvalue weighted by atomic mass is 32.2. The third kappa shape index (κ3) is 3.38. The first-order valence-corrected chi connectivity index (χ1v) is 9.18. The number of fused-ring (bicyclic) bond motifs is 2. The van der Waals surface area contributed by atoms with Gasteiger partial charge in [-0.15, -0.1) is 0 Å². The van der Waals surface area contributed by atoms with Crippen molar-refractivity contribution < 1.29 is 31.1 Å². The van der Waals surface area contributed by atoms with E-state index in [9.17, 15) is 26.4 Å². The van der Waals surface area contributed by atoms with Gasteiger partial charge in [-0.25, -0.2) is 13.1 Å². The van der Waals surface area contributed by atoms with E-state index >= 15 is 0 Å². The molecule has 2 fully saturated rings. The van der Waals surface area contributed by atoms with E-state index in [-0.39, 0.29) is 17.0 Å². The SMILES string of the molecule is CNS(=O)(=O)c1cccc(NC(=O)C2C3CCC(O3)C2C(F)(F)F)c1. The zero-order valence-corrected chi connectivity index (χ0v) is 14.0. The van der Waals surface area contributed by atoms with Gasteiger partial charge in [0.2, 0.25) is 15.9 Å². The van der Waals surface area contributed by atoms with E-state index in [4.69, 9.17) is 4.74 Å². The van der Waals surface area contributed by atoms with Crippen LogP contribution in [0.2, 0.25) is 0 Å². The molecular weight excluding hydrogens is 361 g/mol. The van der Waals surface area contributed by atoms with Crippen molar-refractivity contribution in [3.63, 3.8) is 0 Å². The number of nitrogens with one attached hydrogen (secondary N) is 2. The van der Waals surface area contributed by atoms with E-state index in [1.54, 1.807) is 0 Å². The second-order valence-electron chi connectivity index (χ2n) is 6.11. The van der Waals surface area contributed by atoms with E-state index < -0.39 is 46.2 Å². The van der Waals surface area contributed by atoms with Crippen molar-refractivity contribution in [3.05, 3.63) is 24.3 Å². The number of carbonyl (C=O) groups is 1. The number of benzene rings is 1. The molecule has 2 heterocycles. The lowest BCUT2D eigenvalue weighted by atomic mass is 9.78. The van der Waals surface area contributed by atoms with Gasteiger partial charge in [-0.3, -0.25) is 4.79 Å². The van der Waals surface area contributed by atoms with E-state index in [2.05, 4.69) is 10.0 Å². The molecule has 2 aliphatic heterocycles. The van der Waals surface area contributed by atoms with Crippen LogP contribution in [0.4, 0.5) is 18.9 Å². The summed E-state index contributed by atoms with van der Waals surface area (Å²) in [5.41, 5.74) is 0.116. The Hall–Kier alpha value is -1.65. The standard InChI is InChI=1S/C15H17F3N2O4S/c1-19-25(22,23)9-4-2-3-8(7-9)20-14(21)12-10-5-6-11(24-10)13(12)15(16,17)18/h2-4,7,10-13,19H,5-6H2,1H3,(H,20,21). The lowest BCUT2D eigenvalue weighted by Crippen LogP contribution is -2.44. The molecule has 0 saturated carbocycles. The first kappa shape index (κ1) is 18.2. The van der Waals surface area contributed by atoms with Crippen LogP contribution < -0.4 is 10.0 Å². The number of alkyl halides is 3. The molecule has 4 unspecified atom stereocenters. The zero-order valence-electron chi connectivity index (χ0n) is 13.2. The van der Waals surface area contributed by atoms with Gasteiger partial charge in [-0.1, -0.05) is 6.07 Å². The van der Waals surface area contributed by atoms with Gasteiger partial charge in [-0.05, 0) is 38.1 Å². The van der Waals surface area contributed by atoms with Gasteiger partial charge < -0.3 is 10.1 Å². The molecule has 0 radical (unpaired) electrons. The summed E-state index contributed by atoms with van der Waals surface area (Å²) >= 11 is 0. The molecule has 2 N–H and O–H groups in total. The maximum atomic E-state index is 13.3. The molecule has 2 saturated heterocycles. The Labute approximate surface area is 142 Å². The van der Waals surface area contributed by atoms with Crippen molar-refractivity contribution in [2.75, 3.05) is 12.4 Å². The van der Waals surface area contributed by atoms with E-state index in [1.807, 2.05) is 0 Å². The van der Waals surface area contributed by atoms with Crippen LogP contribution in [0.5, 0.6) is 0 Å². The summed E-state index contributed by atoms with van der Waals surface area (Å²) in [7, 11) is -2.49. The van der Waals surface area contributed by atoms with Gasteiger partial charge in [0.15, 0.2) is 0 Å². The van der Waals surface area contributed by atoms with E-state index in [0.29, 0.717) is 6.42 Å². The molecule has 1 aromatic rings.